The van der Waals surface area contributed by atoms with E-state index in [9.17, 15) is 37.9 Å². The van der Waals surface area contributed by atoms with E-state index in [0.29, 0.717) is 54.7 Å². The van der Waals surface area contributed by atoms with Crippen LogP contribution in [-0.2, 0) is 77.8 Å². The average Bonchev–Trinajstić information content (AvgIpc) is 1.86. The fourth-order valence-corrected chi connectivity index (χ4v) is 13.0. The molecule has 0 bridgehead atoms. The van der Waals surface area contributed by atoms with Crippen molar-refractivity contribution in [3.63, 3.8) is 0 Å². The van der Waals surface area contributed by atoms with Crippen LogP contribution in [-0.4, -0.2) is 148 Å². The maximum atomic E-state index is 12.2. The smallest absolute Gasteiger partial charge is 0.496 e. The maximum Gasteiger partial charge on any atom is 0.533 e. The van der Waals surface area contributed by atoms with Crippen LogP contribution in [0.5, 0.6) is 11.5 Å². The van der Waals surface area contributed by atoms with E-state index in [2.05, 4.69) is 63.0 Å². The summed E-state index contributed by atoms with van der Waals surface area (Å²) in [5.41, 5.74) is 10.6. The van der Waals surface area contributed by atoms with Crippen molar-refractivity contribution < 1.29 is 84.5 Å². The number of amides is 4. The number of likely N-dealkylation sites (tertiary alicyclic amines) is 2. The summed E-state index contributed by atoms with van der Waals surface area (Å²) < 4.78 is 72.6. The first-order valence-electron chi connectivity index (χ1n) is 29.8. The molecular weight excluding hydrogens is 1400 g/mol. The van der Waals surface area contributed by atoms with Gasteiger partial charge in [0, 0.05) is 76.1 Å². The summed E-state index contributed by atoms with van der Waals surface area (Å²) in [7, 11) is -0.952. The van der Waals surface area contributed by atoms with E-state index in [1.165, 1.54) is 54.8 Å². The Kier molecular flexibility index (Phi) is 43.3. The summed E-state index contributed by atoms with van der Waals surface area (Å²) in [5, 5.41) is 0.483. The summed E-state index contributed by atoms with van der Waals surface area (Å²) >= 11 is 5.61. The minimum Gasteiger partial charge on any atom is -0.496 e. The molecule has 3 heterocycles. The highest BCUT2D eigenvalue weighted by Crippen LogP contribution is 2.52. The van der Waals surface area contributed by atoms with Crippen molar-refractivity contribution in [2.75, 3.05) is 93.4 Å². The molecule has 4 amide bonds. The Labute approximate surface area is 556 Å². The number of anilines is 1. The Balaban J connectivity index is 0.000000533. The lowest BCUT2D eigenvalue weighted by Crippen LogP contribution is -2.33. The van der Waals surface area contributed by atoms with Crippen LogP contribution >= 0.6 is 53.7 Å². The van der Waals surface area contributed by atoms with Crippen molar-refractivity contribution in [1.82, 2.24) is 14.9 Å². The monoisotopic (exact) mass is 1490 g/mol. The summed E-state index contributed by atoms with van der Waals surface area (Å²) in [6, 6.07) is 27.1. The second-order valence-corrected chi connectivity index (χ2v) is 33.0. The molecule has 0 spiro atoms. The van der Waals surface area contributed by atoms with Gasteiger partial charge in [0.15, 0.2) is 12.6 Å². The number of hydrogen-bond donors (Lipinski definition) is 1. The molecule has 0 aromatic heterocycles. The van der Waals surface area contributed by atoms with Crippen molar-refractivity contribution in [1.29, 1.82) is 0 Å². The molecular formula is C63H96BrIN4O18P2Si. The molecule has 3 fully saturated rings. The highest BCUT2D eigenvalue weighted by Gasteiger charge is 2.33. The number of benzene rings is 4. The number of nitrogen functional groups attached to an aromatic ring is 1. The van der Waals surface area contributed by atoms with E-state index in [-0.39, 0.29) is 25.6 Å². The van der Waals surface area contributed by atoms with E-state index >= 15 is 0 Å². The van der Waals surface area contributed by atoms with Gasteiger partial charge in [-0.25, -0.2) is 4.79 Å². The predicted octanol–water partition coefficient (Wildman–Crippen LogP) is 14.5. The Hall–Kier alpha value is -5.05. The first-order valence-corrected chi connectivity index (χ1v) is 38.8. The molecule has 2 N–H and O–H groups in total. The van der Waals surface area contributed by atoms with E-state index < -0.39 is 47.5 Å². The number of aldehydes is 1. The maximum absolute atomic E-state index is 12.2. The Morgan fingerprint density at radius 3 is 1.46 bits per heavy atom. The molecule has 90 heavy (non-hydrogen) atoms. The van der Waals surface area contributed by atoms with Gasteiger partial charge in [-0.15, -0.1) is 0 Å². The van der Waals surface area contributed by atoms with Crippen LogP contribution in [0.2, 0.25) is 25.7 Å². The summed E-state index contributed by atoms with van der Waals surface area (Å²) in [6.07, 6.45) is 9.36. The largest absolute Gasteiger partial charge is 0.533 e. The molecule has 4 aromatic rings. The lowest BCUT2D eigenvalue weighted by molar-refractivity contribution is -0.177. The van der Waals surface area contributed by atoms with Crippen LogP contribution in [0.4, 0.5) is 10.5 Å². The highest BCUT2D eigenvalue weighted by atomic mass is 127. The molecule has 3 aliphatic rings. The Morgan fingerprint density at radius 1 is 0.644 bits per heavy atom. The van der Waals surface area contributed by atoms with Crippen molar-refractivity contribution in [3.8, 4) is 11.5 Å². The molecule has 0 radical (unpaired) electrons. The number of rotatable bonds is 24. The fraction of sp³-hybridized carbons (Fsp3) is 0.524. The number of nitrogens with zero attached hydrogens (tertiary/aromatic N) is 3. The summed E-state index contributed by atoms with van der Waals surface area (Å²) in [4.78, 5) is 72.5. The number of piperidine rings is 2. The average molecular weight is 1490 g/mol. The number of hydrogen-bond acceptors (Lipinski definition) is 19. The van der Waals surface area contributed by atoms with Gasteiger partial charge in [-0.3, -0.25) is 37.9 Å². The van der Waals surface area contributed by atoms with E-state index in [0.717, 1.165) is 78.2 Å². The molecule has 0 saturated carbocycles. The zero-order valence-electron chi connectivity index (χ0n) is 54.5. The lowest BCUT2D eigenvalue weighted by Gasteiger charge is -2.21. The first-order chi connectivity index (χ1) is 42.8. The number of halogens is 2. The van der Waals surface area contributed by atoms with Crippen LogP contribution in [0, 0.1) is 10.5 Å². The number of carbonyl (C=O) groups excluding carboxylic acids is 6. The van der Waals surface area contributed by atoms with Gasteiger partial charge < -0.3 is 57.3 Å². The molecule has 0 unspecified atom stereocenters. The number of aryl methyl sites for hydroxylation is 1. The van der Waals surface area contributed by atoms with Crippen LogP contribution in [0.15, 0.2) is 89.4 Å². The van der Waals surface area contributed by atoms with Crippen molar-refractivity contribution in [3.05, 3.63) is 121 Å². The number of carbonyl (C=O) groups is 6. The molecule has 3 aliphatic heterocycles. The standard InChI is InChI=1S/C12H19O3P.C11H18NO3P.C11H14O4.C10H17NO5Si.C7H6BrIO.2C6H11NO/c1-4-14-16(13,15-5-2)10-12-8-6-11(3)7-9-12;1-3-14-16(13,15-4-2)9-10-5-7-11(12)8-6-10;1-13-10-6-8(11(14-2)15-3)4-5-9(10)7-12;1-17(2,3)7-6-15-10(14)16-11-8(12)4-5-9(11)13;1-10-7-4-5(9)2-3-6(7)8;2*8-6-7-4-2-1-3-5-7/h6-9H,4-5,10H2,1-3H3;5-8H,3-4,9,12H2,1-2H3;4-7,11H,1-3H3;4-7H2,1-3H3;2-4H,1H3;2*6H,1-5H2. The quantitative estimate of drug-likeness (QED) is 0.00998. The number of hydroxylamine groups is 2. The van der Waals surface area contributed by atoms with Gasteiger partial charge in [0.25, 0.3) is 11.8 Å². The zero-order chi connectivity index (χ0) is 67.5. The van der Waals surface area contributed by atoms with Gasteiger partial charge in [0.2, 0.25) is 12.8 Å². The number of imide groups is 1. The third-order valence-electron chi connectivity index (χ3n) is 12.7. The highest BCUT2D eigenvalue weighted by molar-refractivity contribution is 14.1. The van der Waals surface area contributed by atoms with Gasteiger partial charge in [-0.05, 0) is 171 Å². The van der Waals surface area contributed by atoms with E-state index in [4.69, 9.17) is 47.5 Å². The van der Waals surface area contributed by atoms with Gasteiger partial charge in [0.1, 0.15) is 11.5 Å². The molecule has 22 nitrogen and oxygen atoms in total. The van der Waals surface area contributed by atoms with Gasteiger partial charge in [-0.2, -0.15) is 0 Å². The Bertz CT molecular complexity index is 2670. The van der Waals surface area contributed by atoms with Gasteiger partial charge in [-0.1, -0.05) is 72.7 Å². The van der Waals surface area contributed by atoms with Crippen LogP contribution in [0.1, 0.15) is 118 Å². The SMILES string of the molecule is CCOP(=O)(Cc1ccc(C)cc1)OCC.CCOP(=O)(Cc1ccc(N)cc1)OCC.COc1cc(C(OC)OC)ccc1C=O.COc1cc(I)ccc1Br.C[Si](C)(C)CCOC(=O)ON1C(=O)CCC1=O.O=CN1CCCCC1.O=CN1CCCCC1. The zero-order valence-corrected chi connectivity index (χ0v) is 61.0. The predicted molar refractivity (Wildman–Crippen MR) is 364 cm³/mol. The lowest BCUT2D eigenvalue weighted by atomic mass is 10.1. The molecule has 3 saturated heterocycles. The number of methoxy groups -OCH3 is 4. The van der Waals surface area contributed by atoms with Gasteiger partial charge in [0.05, 0.1) is 69.6 Å². The molecule has 27 heteroatoms. The normalized spacial score (nSPS) is 13.7. The second kappa shape index (κ2) is 46.9. The minimum atomic E-state index is -3.00. The van der Waals surface area contributed by atoms with Crippen LogP contribution in [0.25, 0.3) is 0 Å². The third kappa shape index (κ3) is 35.7. The van der Waals surface area contributed by atoms with Crippen molar-refractivity contribution in [2.24, 2.45) is 0 Å². The van der Waals surface area contributed by atoms with Gasteiger partial charge >= 0.3 is 21.3 Å². The van der Waals surface area contributed by atoms with Crippen LogP contribution in [0.3, 0.4) is 0 Å². The molecule has 504 valence electrons. The second-order valence-electron chi connectivity index (χ2n) is 21.1. The van der Waals surface area contributed by atoms with Crippen molar-refractivity contribution in [2.45, 2.75) is 130 Å². The van der Waals surface area contributed by atoms with Crippen LogP contribution < -0.4 is 15.2 Å². The minimum absolute atomic E-state index is 0.0843. The molecule has 4 aromatic carbocycles. The summed E-state index contributed by atoms with van der Waals surface area (Å²) in [5.74, 6) is 0.391. The van der Waals surface area contributed by atoms with E-state index in [1.54, 1.807) is 65.5 Å². The topological polar surface area (TPSA) is 265 Å². The number of ether oxygens (including phenoxy) is 5. The molecule has 0 atom stereocenters. The summed E-state index contributed by atoms with van der Waals surface area (Å²) in [6.45, 7) is 21.4. The van der Waals surface area contributed by atoms with E-state index in [1.807, 2.05) is 85.2 Å². The number of nitrogens with two attached hydrogens (primary N) is 1. The molecule has 0 aliphatic carbocycles. The molecule has 7 rings (SSSR count). The third-order valence-corrected chi connectivity index (χ3v) is 19.8. The Morgan fingerprint density at radius 2 is 1.09 bits per heavy atom. The fourth-order valence-electron chi connectivity index (χ4n) is 8.03. The first kappa shape index (κ1) is 83.0. The van der Waals surface area contributed by atoms with Crippen molar-refractivity contribution >= 4 is 105 Å².